The Hall–Kier alpha value is -1.72. The minimum atomic E-state index is -0.290. The first-order valence-corrected chi connectivity index (χ1v) is 6.77. The summed E-state index contributed by atoms with van der Waals surface area (Å²) in [5, 5.41) is 4.10. The van der Waals surface area contributed by atoms with Crippen LogP contribution in [0.2, 0.25) is 0 Å². The number of carbonyl (C=O) groups excluding carboxylic acids is 1. The van der Waals surface area contributed by atoms with Gasteiger partial charge < -0.3 is 14.9 Å². The number of carbonyl (C=O) groups is 1. The largest absolute Gasteiger partial charge is 0.351 e. The number of Topliss-reactive ketones (excluding diaryl/α,β-unsaturated/α-hetero) is 1. The molecule has 5 nitrogen and oxygen atoms in total. The zero-order chi connectivity index (χ0) is 14.8. The van der Waals surface area contributed by atoms with Gasteiger partial charge in [-0.05, 0) is 26.3 Å². The number of benzene rings is 1. The predicted molar refractivity (Wildman–Crippen MR) is 79.1 cm³/mol. The Labute approximate surface area is 120 Å². The highest BCUT2D eigenvalue weighted by atomic mass is 16.7. The van der Waals surface area contributed by atoms with Gasteiger partial charge in [-0.15, -0.1) is 0 Å². The number of rotatable bonds is 9. The fourth-order valence-corrected chi connectivity index (χ4v) is 1.59. The maximum Gasteiger partial charge on any atom is 0.176 e. The molecule has 0 fully saturated rings. The first-order chi connectivity index (χ1) is 9.67. The van der Waals surface area contributed by atoms with E-state index in [9.17, 15) is 4.79 Å². The molecule has 0 unspecified atom stereocenters. The van der Waals surface area contributed by atoms with Crippen LogP contribution in [0.3, 0.4) is 0 Å². The summed E-state index contributed by atoms with van der Waals surface area (Å²) in [6, 6.07) is 7.27. The quantitative estimate of drug-likeness (QED) is 0.326. The van der Waals surface area contributed by atoms with E-state index in [0.29, 0.717) is 25.3 Å². The molecule has 1 aromatic rings. The van der Waals surface area contributed by atoms with Crippen LogP contribution < -0.4 is 5.43 Å². The molecule has 0 heterocycles. The van der Waals surface area contributed by atoms with Crippen molar-refractivity contribution in [2.24, 2.45) is 5.10 Å². The molecule has 20 heavy (non-hydrogen) atoms. The highest BCUT2D eigenvalue weighted by molar-refractivity contribution is 5.94. The van der Waals surface area contributed by atoms with Crippen molar-refractivity contribution < 1.29 is 14.3 Å². The van der Waals surface area contributed by atoms with Crippen LogP contribution >= 0.6 is 0 Å². The second-order valence-electron chi connectivity index (χ2n) is 4.14. The van der Waals surface area contributed by atoms with Gasteiger partial charge in [0, 0.05) is 18.8 Å². The van der Waals surface area contributed by atoms with E-state index in [-0.39, 0.29) is 12.1 Å². The smallest absolute Gasteiger partial charge is 0.176 e. The van der Waals surface area contributed by atoms with Crippen LogP contribution in [-0.2, 0) is 9.47 Å². The number of ether oxygens (including phenoxy) is 2. The molecule has 0 spiro atoms. The van der Waals surface area contributed by atoms with Gasteiger partial charge in [0.2, 0.25) is 0 Å². The normalized spacial score (nSPS) is 11.2. The summed E-state index contributed by atoms with van der Waals surface area (Å²) in [6.45, 7) is 7.08. The Morgan fingerprint density at radius 3 is 2.35 bits per heavy atom. The van der Waals surface area contributed by atoms with E-state index in [1.165, 1.54) is 0 Å². The van der Waals surface area contributed by atoms with Crippen molar-refractivity contribution in [3.8, 4) is 0 Å². The number of hydrazone groups is 1. The zero-order valence-corrected chi connectivity index (χ0v) is 12.3. The van der Waals surface area contributed by atoms with Crippen LogP contribution in [0.5, 0.6) is 0 Å². The third-order valence-electron chi connectivity index (χ3n) is 2.59. The molecule has 1 N–H and O–H groups in total. The van der Waals surface area contributed by atoms with E-state index in [4.69, 9.17) is 9.47 Å². The summed E-state index contributed by atoms with van der Waals surface area (Å²) in [5.41, 5.74) is 4.51. The average molecular weight is 278 g/mol. The molecule has 1 aromatic carbocycles. The van der Waals surface area contributed by atoms with Crippen molar-refractivity contribution in [2.45, 2.75) is 27.1 Å². The van der Waals surface area contributed by atoms with E-state index >= 15 is 0 Å². The van der Waals surface area contributed by atoms with Crippen LogP contribution in [0, 0.1) is 0 Å². The SMILES string of the molecule is CCOC(CNN=Cc1ccc(C(C)=O)cc1)OCC. The molecule has 110 valence electrons. The summed E-state index contributed by atoms with van der Waals surface area (Å²) < 4.78 is 10.8. The van der Waals surface area contributed by atoms with Crippen molar-refractivity contribution in [1.29, 1.82) is 0 Å². The summed E-state index contributed by atoms with van der Waals surface area (Å²) in [6.07, 6.45) is 1.40. The van der Waals surface area contributed by atoms with E-state index in [1.807, 2.05) is 26.0 Å². The van der Waals surface area contributed by atoms with E-state index in [2.05, 4.69) is 10.5 Å². The lowest BCUT2D eigenvalue weighted by molar-refractivity contribution is -0.132. The fourth-order valence-electron chi connectivity index (χ4n) is 1.59. The highest BCUT2D eigenvalue weighted by Gasteiger charge is 2.05. The lowest BCUT2D eigenvalue weighted by Gasteiger charge is -2.15. The lowest BCUT2D eigenvalue weighted by Crippen LogP contribution is -2.29. The standard InChI is InChI=1S/C15H22N2O3/c1-4-19-15(20-5-2)11-17-16-10-13-6-8-14(9-7-13)12(3)18/h6-10,15,17H,4-5,11H2,1-3H3. The number of hydrogen-bond donors (Lipinski definition) is 1. The van der Waals surface area contributed by atoms with E-state index in [0.717, 1.165) is 5.56 Å². The number of ketones is 1. The van der Waals surface area contributed by atoms with E-state index < -0.39 is 0 Å². The van der Waals surface area contributed by atoms with Crippen LogP contribution in [0.25, 0.3) is 0 Å². The van der Waals surface area contributed by atoms with Crippen molar-refractivity contribution in [1.82, 2.24) is 5.43 Å². The first-order valence-electron chi connectivity index (χ1n) is 6.77. The third kappa shape index (κ3) is 5.95. The fraction of sp³-hybridized carbons (Fsp3) is 0.467. The monoisotopic (exact) mass is 278 g/mol. The molecule has 0 amide bonds. The molecular formula is C15H22N2O3. The second-order valence-corrected chi connectivity index (χ2v) is 4.14. The first kappa shape index (κ1) is 16.3. The van der Waals surface area contributed by atoms with Gasteiger partial charge in [0.05, 0.1) is 12.8 Å². The molecular weight excluding hydrogens is 256 g/mol. The summed E-state index contributed by atoms with van der Waals surface area (Å²) in [4.78, 5) is 11.1. The Kier molecular flexibility index (Phi) is 7.54. The van der Waals surface area contributed by atoms with Gasteiger partial charge in [-0.2, -0.15) is 5.10 Å². The van der Waals surface area contributed by atoms with Crippen molar-refractivity contribution in [3.63, 3.8) is 0 Å². The molecule has 5 heteroatoms. The van der Waals surface area contributed by atoms with Crippen molar-refractivity contribution in [3.05, 3.63) is 35.4 Å². The van der Waals surface area contributed by atoms with Gasteiger partial charge in [0.1, 0.15) is 0 Å². The van der Waals surface area contributed by atoms with Gasteiger partial charge in [-0.1, -0.05) is 24.3 Å². The maximum atomic E-state index is 11.1. The topological polar surface area (TPSA) is 59.9 Å². The molecule has 0 aromatic heterocycles. The Morgan fingerprint density at radius 1 is 1.25 bits per heavy atom. The minimum absolute atomic E-state index is 0.0582. The Morgan fingerprint density at radius 2 is 1.85 bits per heavy atom. The summed E-state index contributed by atoms with van der Waals surface area (Å²) in [7, 11) is 0. The summed E-state index contributed by atoms with van der Waals surface area (Å²) in [5.74, 6) is 0.0582. The van der Waals surface area contributed by atoms with Crippen molar-refractivity contribution in [2.75, 3.05) is 19.8 Å². The molecule has 0 atom stereocenters. The highest BCUT2D eigenvalue weighted by Crippen LogP contribution is 2.03. The minimum Gasteiger partial charge on any atom is -0.351 e. The lowest BCUT2D eigenvalue weighted by atomic mass is 10.1. The molecule has 0 aliphatic rings. The number of hydrogen-bond acceptors (Lipinski definition) is 5. The third-order valence-corrected chi connectivity index (χ3v) is 2.59. The van der Waals surface area contributed by atoms with E-state index in [1.54, 1.807) is 25.3 Å². The molecule has 0 saturated heterocycles. The van der Waals surface area contributed by atoms with Crippen LogP contribution in [-0.4, -0.2) is 38.0 Å². The predicted octanol–water partition coefficient (Wildman–Crippen LogP) is 2.21. The maximum absolute atomic E-state index is 11.1. The van der Waals surface area contributed by atoms with Crippen LogP contribution in [0.15, 0.2) is 29.4 Å². The Balaban J connectivity index is 2.41. The van der Waals surface area contributed by atoms with Gasteiger partial charge in [-0.3, -0.25) is 4.79 Å². The van der Waals surface area contributed by atoms with Gasteiger partial charge in [0.25, 0.3) is 0 Å². The molecule has 0 aliphatic carbocycles. The zero-order valence-electron chi connectivity index (χ0n) is 12.3. The average Bonchev–Trinajstić information content (AvgIpc) is 2.44. The Bertz CT molecular complexity index is 423. The molecule has 0 aliphatic heterocycles. The van der Waals surface area contributed by atoms with Gasteiger partial charge in [-0.25, -0.2) is 0 Å². The van der Waals surface area contributed by atoms with Crippen LogP contribution in [0.1, 0.15) is 36.7 Å². The summed E-state index contributed by atoms with van der Waals surface area (Å²) >= 11 is 0. The molecule has 1 rings (SSSR count). The number of nitrogens with zero attached hydrogens (tertiary/aromatic N) is 1. The van der Waals surface area contributed by atoms with Gasteiger partial charge in [0.15, 0.2) is 12.1 Å². The van der Waals surface area contributed by atoms with Gasteiger partial charge >= 0.3 is 0 Å². The number of nitrogens with one attached hydrogen (secondary N) is 1. The second kappa shape index (κ2) is 9.23. The van der Waals surface area contributed by atoms with Crippen LogP contribution in [0.4, 0.5) is 0 Å². The molecule has 0 bridgehead atoms. The molecule has 0 radical (unpaired) electrons. The van der Waals surface area contributed by atoms with Crippen molar-refractivity contribution >= 4 is 12.0 Å². The molecule has 0 saturated carbocycles.